The van der Waals surface area contributed by atoms with Crippen LogP contribution < -0.4 is 9.80 Å². The number of nitrogens with zero attached hydrogens (tertiary/aromatic N) is 2. The molecular formula is C80H72N2O8. The van der Waals surface area contributed by atoms with Crippen molar-refractivity contribution in [3.8, 4) is 0 Å². The molecule has 0 radical (unpaired) electrons. The number of hydrogen-bond acceptors (Lipinski definition) is 10. The molecule has 90 heavy (non-hydrogen) atoms. The smallest absolute Gasteiger partial charge is 0.338 e. The Morgan fingerprint density at radius 3 is 0.600 bits per heavy atom. The Morgan fingerprint density at radius 1 is 0.256 bits per heavy atom. The molecule has 10 nitrogen and oxygen atoms in total. The Morgan fingerprint density at radius 2 is 0.422 bits per heavy atom. The maximum atomic E-state index is 13.4. The molecule has 0 aliphatic heterocycles. The second kappa shape index (κ2) is 32.0. The van der Waals surface area contributed by atoms with Gasteiger partial charge in [0.2, 0.25) is 0 Å². The Labute approximate surface area is 528 Å². The molecular weight excluding hydrogens is 1120 g/mol. The highest BCUT2D eigenvalue weighted by atomic mass is 16.6. The van der Waals surface area contributed by atoms with Crippen LogP contribution in [-0.2, 0) is 81.3 Å². The summed E-state index contributed by atoms with van der Waals surface area (Å²) < 4.78 is 35.6. The van der Waals surface area contributed by atoms with Crippen molar-refractivity contribution in [2.75, 3.05) is 23.0 Å². The van der Waals surface area contributed by atoms with E-state index in [2.05, 4.69) is 133 Å². The third-order valence-electron chi connectivity index (χ3n) is 15.1. The van der Waals surface area contributed by atoms with E-state index in [-0.39, 0.29) is 13.2 Å². The van der Waals surface area contributed by atoms with E-state index in [0.717, 1.165) is 101 Å². The summed E-state index contributed by atoms with van der Waals surface area (Å²) in [4.78, 5) is 31.1. The fraction of sp³-hybridized carbons (Fsp3) is 0.125. The standard InChI is InChI=1S/C80H72N2O8/c1-5-59-9-17-63(18-10-59)51-85-55-67-25-37-73(38-26-67)81(74-39-27-68(28-40-74)56-86-52-64-19-11-60(6-2)12-20-64)77-45-33-71(34-46-77)79(83)89-49-50-90-80(84)72-35-47-78(48-36-72)82(75-41-29-69(30-42-75)57-87-53-65-21-13-61(7-3)14-22-65)76-43-31-70(32-44-76)58-88-54-66-23-15-62(8-4)16-24-66/h5-48H,1-4,49-58H2. The third kappa shape index (κ3) is 17.6. The second-order valence-electron chi connectivity index (χ2n) is 21.5. The Hall–Kier alpha value is -10.5. The van der Waals surface area contributed by atoms with Crippen molar-refractivity contribution in [2.45, 2.75) is 52.9 Å². The maximum absolute atomic E-state index is 13.4. The summed E-state index contributed by atoms with van der Waals surface area (Å²) in [5.41, 5.74) is 18.8. The topological polar surface area (TPSA) is 96.0 Å². The van der Waals surface area contributed by atoms with Crippen LogP contribution in [0.2, 0.25) is 0 Å². The van der Waals surface area contributed by atoms with Crippen LogP contribution in [0, 0.1) is 0 Å². The zero-order chi connectivity index (χ0) is 62.3. The third-order valence-corrected chi connectivity index (χ3v) is 15.1. The van der Waals surface area contributed by atoms with Gasteiger partial charge in [0.05, 0.1) is 64.0 Å². The molecule has 450 valence electrons. The number of carbonyl (C=O) groups excluding carboxylic acids is 2. The molecule has 0 spiro atoms. The minimum atomic E-state index is -0.541. The van der Waals surface area contributed by atoms with E-state index in [1.165, 1.54) is 0 Å². The Kier molecular flexibility index (Phi) is 22.2. The molecule has 0 heterocycles. The average molecular weight is 1190 g/mol. The Bertz CT molecular complexity index is 3480. The summed E-state index contributed by atoms with van der Waals surface area (Å²) in [5, 5.41) is 0. The van der Waals surface area contributed by atoms with Crippen LogP contribution in [0.1, 0.15) is 87.5 Å². The van der Waals surface area contributed by atoms with Crippen molar-refractivity contribution in [3.63, 3.8) is 0 Å². The number of rotatable bonds is 31. The number of carbonyl (C=O) groups is 2. The van der Waals surface area contributed by atoms with Crippen LogP contribution >= 0.6 is 0 Å². The van der Waals surface area contributed by atoms with E-state index >= 15 is 0 Å². The van der Waals surface area contributed by atoms with Crippen LogP contribution in [0.4, 0.5) is 34.1 Å². The first-order valence-electron chi connectivity index (χ1n) is 29.9. The molecule has 10 aromatic carbocycles. The van der Waals surface area contributed by atoms with Gasteiger partial charge >= 0.3 is 11.9 Å². The van der Waals surface area contributed by atoms with Gasteiger partial charge in [0.25, 0.3) is 0 Å². The Balaban J connectivity index is 0.757. The molecule has 10 heteroatoms. The number of benzene rings is 10. The molecule has 0 aliphatic carbocycles. The number of esters is 2. The van der Waals surface area contributed by atoms with Crippen molar-refractivity contribution in [1.82, 2.24) is 0 Å². The highest BCUT2D eigenvalue weighted by Crippen LogP contribution is 2.37. The van der Waals surface area contributed by atoms with E-state index < -0.39 is 11.9 Å². The van der Waals surface area contributed by atoms with Gasteiger partial charge in [0.15, 0.2) is 0 Å². The van der Waals surface area contributed by atoms with Crippen molar-refractivity contribution in [2.24, 2.45) is 0 Å². The van der Waals surface area contributed by atoms with Gasteiger partial charge in [-0.15, -0.1) is 0 Å². The van der Waals surface area contributed by atoms with Gasteiger partial charge in [-0.2, -0.15) is 0 Å². The summed E-state index contributed by atoms with van der Waals surface area (Å²) in [6, 6.07) is 80.1. The highest BCUT2D eigenvalue weighted by Gasteiger charge is 2.18. The lowest BCUT2D eigenvalue weighted by atomic mass is 10.1. The largest absolute Gasteiger partial charge is 0.458 e. The van der Waals surface area contributed by atoms with E-state index in [0.29, 0.717) is 64.0 Å². The second-order valence-corrected chi connectivity index (χ2v) is 21.5. The fourth-order valence-electron chi connectivity index (χ4n) is 9.93. The molecule has 0 fully saturated rings. The lowest BCUT2D eigenvalue weighted by molar-refractivity contribution is 0.0265. The van der Waals surface area contributed by atoms with Crippen LogP contribution in [0.15, 0.2) is 269 Å². The van der Waals surface area contributed by atoms with E-state index in [1.54, 1.807) is 24.3 Å². The van der Waals surface area contributed by atoms with Gasteiger partial charge in [0, 0.05) is 34.1 Å². The normalized spacial score (nSPS) is 10.9. The molecule has 10 rings (SSSR count). The lowest BCUT2D eigenvalue weighted by Gasteiger charge is -2.26. The fourth-order valence-corrected chi connectivity index (χ4v) is 9.93. The summed E-state index contributed by atoms with van der Waals surface area (Å²) in [6.07, 6.45) is 7.30. The average Bonchev–Trinajstić information content (AvgIpc) is 1.69. The summed E-state index contributed by atoms with van der Waals surface area (Å²) >= 11 is 0. The van der Waals surface area contributed by atoms with Crippen molar-refractivity contribution in [3.05, 3.63) is 347 Å². The predicted molar refractivity (Wildman–Crippen MR) is 363 cm³/mol. The molecule has 0 saturated heterocycles. The van der Waals surface area contributed by atoms with Crippen LogP contribution in [0.5, 0.6) is 0 Å². The SMILES string of the molecule is C=Cc1ccc(COCc2ccc(N(c3ccc(COCc4ccc(C=C)cc4)cc3)c3ccc(C(=O)OCCOC(=O)c4ccc(N(c5ccc(COCc6ccc(C=C)cc6)cc5)c5ccc(COCc6ccc(C=C)cc6)cc5)cc4)cc3)cc2)cc1. The highest BCUT2D eigenvalue weighted by molar-refractivity contribution is 5.91. The molecule has 10 aromatic rings. The first-order valence-corrected chi connectivity index (χ1v) is 29.9. The predicted octanol–water partition coefficient (Wildman–Crippen LogP) is 19.1. The van der Waals surface area contributed by atoms with Gasteiger partial charge in [-0.3, -0.25) is 0 Å². The van der Waals surface area contributed by atoms with Gasteiger partial charge in [-0.1, -0.05) is 196 Å². The van der Waals surface area contributed by atoms with Gasteiger partial charge in [-0.05, 0) is 164 Å². The number of hydrogen-bond donors (Lipinski definition) is 0. The quantitative estimate of drug-likeness (QED) is 0.0309. The molecule has 0 saturated carbocycles. The van der Waals surface area contributed by atoms with E-state index in [4.69, 9.17) is 28.4 Å². The van der Waals surface area contributed by atoms with Gasteiger partial charge in [-0.25, -0.2) is 9.59 Å². The molecule has 0 N–H and O–H groups in total. The van der Waals surface area contributed by atoms with Crippen molar-refractivity contribution < 1.29 is 38.0 Å². The van der Waals surface area contributed by atoms with Crippen LogP contribution in [-0.4, -0.2) is 25.2 Å². The lowest BCUT2D eigenvalue weighted by Crippen LogP contribution is -2.15. The molecule has 0 bridgehead atoms. The molecule has 0 atom stereocenters. The summed E-state index contributed by atoms with van der Waals surface area (Å²) in [5.74, 6) is -1.08. The minimum Gasteiger partial charge on any atom is -0.458 e. The summed E-state index contributed by atoms with van der Waals surface area (Å²) in [6.45, 7) is 18.9. The molecule has 0 aromatic heterocycles. The first kappa shape index (κ1) is 62.6. The first-order chi connectivity index (χ1) is 44.2. The zero-order valence-electron chi connectivity index (χ0n) is 50.5. The van der Waals surface area contributed by atoms with Crippen molar-refractivity contribution >= 4 is 70.4 Å². The molecule has 0 amide bonds. The van der Waals surface area contributed by atoms with Gasteiger partial charge < -0.3 is 38.2 Å². The molecule has 0 unspecified atom stereocenters. The van der Waals surface area contributed by atoms with Crippen LogP contribution in [0.25, 0.3) is 24.3 Å². The van der Waals surface area contributed by atoms with E-state index in [9.17, 15) is 9.59 Å². The monoisotopic (exact) mass is 1190 g/mol. The van der Waals surface area contributed by atoms with E-state index in [1.807, 2.05) is 146 Å². The minimum absolute atomic E-state index is 0.132. The van der Waals surface area contributed by atoms with Crippen LogP contribution in [0.3, 0.4) is 0 Å². The van der Waals surface area contributed by atoms with Crippen molar-refractivity contribution in [1.29, 1.82) is 0 Å². The molecule has 0 aliphatic rings. The zero-order valence-corrected chi connectivity index (χ0v) is 50.5. The maximum Gasteiger partial charge on any atom is 0.338 e. The summed E-state index contributed by atoms with van der Waals surface area (Å²) in [7, 11) is 0. The number of ether oxygens (including phenoxy) is 6. The van der Waals surface area contributed by atoms with Gasteiger partial charge in [0.1, 0.15) is 13.2 Å². The number of anilines is 6.